The monoisotopic (exact) mass is 428 g/mol. The normalized spacial score (nSPS) is 17.2. The molecule has 0 saturated carbocycles. The van der Waals surface area contributed by atoms with Crippen LogP contribution in [0.1, 0.15) is 18.4 Å². The van der Waals surface area contributed by atoms with Gasteiger partial charge < -0.3 is 20.0 Å². The third kappa shape index (κ3) is 3.86. The Bertz CT molecular complexity index is 1200. The molecule has 1 saturated heterocycles. The molecule has 0 bridgehead atoms. The summed E-state index contributed by atoms with van der Waals surface area (Å²) >= 11 is 0. The molecule has 0 amide bonds. The molecule has 4 heterocycles. The third-order valence-electron chi connectivity index (χ3n) is 5.34. The van der Waals surface area contributed by atoms with E-state index in [1.165, 1.54) is 18.7 Å². The van der Waals surface area contributed by atoms with Gasteiger partial charge in [-0.25, -0.2) is 15.0 Å². The molecule has 7 nitrogen and oxygen atoms in total. The molecule has 1 aliphatic heterocycles. The number of fused-ring (bicyclic) bond motifs is 1. The Kier molecular flexibility index (Phi) is 4.85. The summed E-state index contributed by atoms with van der Waals surface area (Å²) < 4.78 is 46.5. The van der Waals surface area contributed by atoms with Crippen molar-refractivity contribution in [3.8, 4) is 22.7 Å². The number of rotatable bonds is 4. The number of halogens is 3. The first-order valence-electron chi connectivity index (χ1n) is 9.92. The number of hydrogen-bond donors (Lipinski definition) is 3. The van der Waals surface area contributed by atoms with Crippen LogP contribution in [-0.2, 0) is 6.18 Å². The second kappa shape index (κ2) is 7.69. The summed E-state index contributed by atoms with van der Waals surface area (Å²) in [7, 11) is 0. The van der Waals surface area contributed by atoms with Crippen LogP contribution in [0.2, 0.25) is 0 Å². The van der Waals surface area contributed by atoms with E-state index in [1.807, 2.05) is 0 Å². The Hall–Kier alpha value is -3.40. The lowest BCUT2D eigenvalue weighted by atomic mass is 10.0. The molecule has 0 unspecified atom stereocenters. The van der Waals surface area contributed by atoms with E-state index < -0.39 is 11.7 Å². The fourth-order valence-electron chi connectivity index (χ4n) is 3.84. The Morgan fingerprint density at radius 1 is 1.19 bits per heavy atom. The van der Waals surface area contributed by atoms with Crippen LogP contribution < -0.4 is 10.6 Å². The van der Waals surface area contributed by atoms with Gasteiger partial charge in [-0.05, 0) is 31.5 Å². The lowest BCUT2D eigenvalue weighted by Crippen LogP contribution is -2.38. The second-order valence-electron chi connectivity index (χ2n) is 7.44. The van der Waals surface area contributed by atoms with Crippen LogP contribution in [0.4, 0.5) is 19.1 Å². The zero-order valence-electron chi connectivity index (χ0n) is 16.3. The topological polar surface area (TPSA) is 91.7 Å². The summed E-state index contributed by atoms with van der Waals surface area (Å²) in [6.45, 7) is 1.65. The third-order valence-corrected chi connectivity index (χ3v) is 5.34. The summed E-state index contributed by atoms with van der Waals surface area (Å²) in [4.78, 5) is 15.4. The van der Waals surface area contributed by atoms with E-state index in [0.717, 1.165) is 37.7 Å². The molecule has 10 heteroatoms. The average molecular weight is 428 g/mol. The number of oxazole rings is 1. The van der Waals surface area contributed by atoms with Crippen molar-refractivity contribution in [3.05, 3.63) is 48.6 Å². The van der Waals surface area contributed by atoms with Crippen LogP contribution in [0.3, 0.4) is 0 Å². The molecule has 4 aromatic rings. The minimum Gasteiger partial charge on any atom is -0.445 e. The number of anilines is 1. The molecule has 1 aliphatic rings. The first-order valence-corrected chi connectivity index (χ1v) is 9.92. The minimum atomic E-state index is -4.58. The second-order valence-corrected chi connectivity index (χ2v) is 7.44. The fourth-order valence-corrected chi connectivity index (χ4v) is 3.84. The van der Waals surface area contributed by atoms with Gasteiger partial charge in [0.2, 0.25) is 11.8 Å². The Balaban J connectivity index is 1.57. The molecule has 1 aromatic carbocycles. The number of nitrogens with zero attached hydrogens (tertiary/aromatic N) is 3. The van der Waals surface area contributed by atoms with Gasteiger partial charge in [0.15, 0.2) is 0 Å². The first kappa shape index (κ1) is 19.6. The van der Waals surface area contributed by atoms with Crippen LogP contribution >= 0.6 is 0 Å². The predicted molar refractivity (Wildman–Crippen MR) is 109 cm³/mol. The number of piperidine rings is 1. The summed E-state index contributed by atoms with van der Waals surface area (Å²) in [5.74, 6) is 0.617. The molecule has 0 spiro atoms. The number of aromatic nitrogens is 4. The molecule has 5 rings (SSSR count). The van der Waals surface area contributed by atoms with Gasteiger partial charge in [0, 0.05) is 47.0 Å². The first-order chi connectivity index (χ1) is 15.0. The molecular weight excluding hydrogens is 409 g/mol. The highest BCUT2D eigenvalue weighted by molar-refractivity contribution is 5.97. The predicted octanol–water partition coefficient (Wildman–Crippen LogP) is 4.46. The SMILES string of the molecule is FC(F)(F)c1cnc(N[C@H]2CCCNC2)nc1-c1c[nH]c2cc(-c3ncco3)ccc12. The molecule has 3 N–H and O–H groups in total. The van der Waals surface area contributed by atoms with Crippen molar-refractivity contribution in [3.63, 3.8) is 0 Å². The van der Waals surface area contributed by atoms with Gasteiger partial charge in [-0.15, -0.1) is 0 Å². The maximum Gasteiger partial charge on any atom is 0.419 e. The van der Waals surface area contributed by atoms with Crippen LogP contribution in [0.15, 0.2) is 47.5 Å². The number of aromatic amines is 1. The van der Waals surface area contributed by atoms with Crippen molar-refractivity contribution < 1.29 is 17.6 Å². The fraction of sp³-hybridized carbons (Fsp3) is 0.286. The van der Waals surface area contributed by atoms with Gasteiger partial charge in [-0.3, -0.25) is 0 Å². The molecule has 0 radical (unpaired) electrons. The summed E-state index contributed by atoms with van der Waals surface area (Å²) in [6.07, 6.45) is 2.69. The van der Waals surface area contributed by atoms with Crippen molar-refractivity contribution in [1.29, 1.82) is 0 Å². The minimum absolute atomic E-state index is 0.0738. The van der Waals surface area contributed by atoms with Crippen LogP contribution in [0.5, 0.6) is 0 Å². The van der Waals surface area contributed by atoms with Crippen molar-refractivity contribution in [2.45, 2.75) is 25.1 Å². The van der Waals surface area contributed by atoms with Crippen LogP contribution in [0.25, 0.3) is 33.6 Å². The van der Waals surface area contributed by atoms with E-state index in [1.54, 1.807) is 18.2 Å². The van der Waals surface area contributed by atoms with E-state index >= 15 is 0 Å². The van der Waals surface area contributed by atoms with E-state index in [-0.39, 0.29) is 17.7 Å². The summed E-state index contributed by atoms with van der Waals surface area (Å²) in [6, 6.07) is 5.35. The summed E-state index contributed by atoms with van der Waals surface area (Å²) in [5, 5.41) is 7.03. The maximum absolute atomic E-state index is 13.7. The molecule has 31 heavy (non-hydrogen) atoms. The molecule has 1 atom stereocenters. The quantitative estimate of drug-likeness (QED) is 0.445. The Morgan fingerprint density at radius 3 is 2.84 bits per heavy atom. The molecule has 1 fully saturated rings. The van der Waals surface area contributed by atoms with Crippen molar-refractivity contribution in [1.82, 2.24) is 25.3 Å². The molecule has 0 aliphatic carbocycles. The lowest BCUT2D eigenvalue weighted by molar-refractivity contribution is -0.137. The molecule has 160 valence electrons. The van der Waals surface area contributed by atoms with E-state index in [4.69, 9.17) is 4.42 Å². The highest BCUT2D eigenvalue weighted by Gasteiger charge is 2.36. The van der Waals surface area contributed by atoms with E-state index in [9.17, 15) is 13.2 Å². The van der Waals surface area contributed by atoms with Gasteiger partial charge in [0.1, 0.15) is 11.8 Å². The van der Waals surface area contributed by atoms with Crippen LogP contribution in [-0.4, -0.2) is 39.1 Å². The molecule has 3 aromatic heterocycles. The van der Waals surface area contributed by atoms with Crippen molar-refractivity contribution in [2.24, 2.45) is 0 Å². The Morgan fingerprint density at radius 2 is 2.10 bits per heavy atom. The van der Waals surface area contributed by atoms with Crippen LogP contribution in [0, 0.1) is 0 Å². The molecular formula is C21H19F3N6O. The number of hydrogen-bond acceptors (Lipinski definition) is 6. The van der Waals surface area contributed by atoms with Crippen molar-refractivity contribution in [2.75, 3.05) is 18.4 Å². The number of benzene rings is 1. The lowest BCUT2D eigenvalue weighted by Gasteiger charge is -2.24. The van der Waals surface area contributed by atoms with E-state index in [0.29, 0.717) is 22.4 Å². The largest absolute Gasteiger partial charge is 0.445 e. The maximum atomic E-state index is 13.7. The Labute approximate surface area is 175 Å². The standard InChI is InChI=1S/C21H19F3N6O/c22-21(23,24)16-11-28-20(29-13-2-1-5-25-9-13)30-18(16)15-10-27-17-8-12(3-4-14(15)17)19-26-6-7-31-19/h3-4,6-8,10-11,13,25,27H,1-2,5,9H2,(H,28,29,30)/t13-/m0/s1. The van der Waals surface area contributed by atoms with Crippen molar-refractivity contribution >= 4 is 16.9 Å². The average Bonchev–Trinajstić information content (AvgIpc) is 3.43. The number of nitrogens with one attached hydrogen (secondary N) is 3. The van der Waals surface area contributed by atoms with Gasteiger partial charge >= 0.3 is 6.18 Å². The van der Waals surface area contributed by atoms with Gasteiger partial charge in [-0.1, -0.05) is 6.07 Å². The highest BCUT2D eigenvalue weighted by atomic mass is 19.4. The highest BCUT2D eigenvalue weighted by Crippen LogP contribution is 2.39. The summed E-state index contributed by atoms with van der Waals surface area (Å²) in [5.41, 5.74) is 0.690. The van der Waals surface area contributed by atoms with Gasteiger partial charge in [-0.2, -0.15) is 13.2 Å². The number of H-pyrrole nitrogens is 1. The van der Waals surface area contributed by atoms with Gasteiger partial charge in [0.05, 0.1) is 11.9 Å². The zero-order chi connectivity index (χ0) is 21.4. The smallest absolute Gasteiger partial charge is 0.419 e. The van der Waals surface area contributed by atoms with E-state index in [2.05, 4.69) is 30.6 Å². The zero-order valence-corrected chi connectivity index (χ0v) is 16.3. The number of alkyl halides is 3. The van der Waals surface area contributed by atoms with Gasteiger partial charge in [0.25, 0.3) is 0 Å².